The van der Waals surface area contributed by atoms with Gasteiger partial charge in [0.2, 0.25) is 0 Å². The normalized spacial score (nSPS) is 17.9. The van der Waals surface area contributed by atoms with Crippen LogP contribution in [-0.4, -0.2) is 40.2 Å². The molecule has 2 aromatic carbocycles. The van der Waals surface area contributed by atoms with Crippen LogP contribution < -0.4 is 4.74 Å². The van der Waals surface area contributed by atoms with E-state index in [0.717, 1.165) is 42.9 Å². The number of esters is 1. The standard InChI is InChI=1S/C32H45N4O6/c1-31(2)24-29(32(3,4)36(31)40)30(37)42-23-13-11-9-7-5-6-8-10-12-22-41-28-20-16-26(17-21-28)34-33-25-14-18-27(19-15-25)35(38)39/h14-21,29H,5-13,22-24H2,1-4H3. The lowest BCUT2D eigenvalue weighted by molar-refractivity contribution is -0.384. The molecule has 0 aromatic heterocycles. The average Bonchev–Trinajstić information content (AvgIpc) is 3.13. The highest BCUT2D eigenvalue weighted by Crippen LogP contribution is 2.44. The van der Waals surface area contributed by atoms with E-state index in [1.807, 2.05) is 52.0 Å². The number of nitro groups is 1. The van der Waals surface area contributed by atoms with E-state index in [4.69, 9.17) is 9.47 Å². The molecule has 10 nitrogen and oxygen atoms in total. The lowest BCUT2D eigenvalue weighted by atomic mass is 9.87. The minimum atomic E-state index is -0.729. The zero-order valence-corrected chi connectivity index (χ0v) is 25.4. The van der Waals surface area contributed by atoms with Crippen LogP contribution in [0.5, 0.6) is 5.75 Å². The second kappa shape index (κ2) is 15.7. The number of carbonyl (C=O) groups excluding carboxylic acids is 1. The molecular formula is C32H45N4O6. The van der Waals surface area contributed by atoms with E-state index in [9.17, 15) is 20.1 Å². The minimum absolute atomic E-state index is 0.0213. The molecule has 3 rings (SSSR count). The van der Waals surface area contributed by atoms with Crippen molar-refractivity contribution in [3.63, 3.8) is 0 Å². The number of ether oxygens (including phenoxy) is 2. The molecule has 0 aliphatic carbocycles. The summed E-state index contributed by atoms with van der Waals surface area (Å²) in [6.45, 7) is 8.53. The first-order valence-electron chi connectivity index (χ1n) is 15.0. The highest BCUT2D eigenvalue weighted by atomic mass is 16.6. The summed E-state index contributed by atoms with van der Waals surface area (Å²) < 4.78 is 11.3. The Morgan fingerprint density at radius 1 is 0.833 bits per heavy atom. The van der Waals surface area contributed by atoms with E-state index >= 15 is 0 Å². The van der Waals surface area contributed by atoms with Crippen LogP contribution >= 0.6 is 0 Å². The molecule has 1 saturated heterocycles. The highest BCUT2D eigenvalue weighted by molar-refractivity contribution is 5.74. The fourth-order valence-electron chi connectivity index (χ4n) is 5.40. The fourth-order valence-corrected chi connectivity index (χ4v) is 5.40. The van der Waals surface area contributed by atoms with Crippen molar-refractivity contribution in [1.29, 1.82) is 0 Å². The van der Waals surface area contributed by atoms with Gasteiger partial charge in [-0.1, -0.05) is 44.9 Å². The number of carbonyl (C=O) groups is 1. The van der Waals surface area contributed by atoms with Gasteiger partial charge in [-0.3, -0.25) is 14.9 Å². The number of hydrogen-bond acceptors (Lipinski definition) is 8. The van der Waals surface area contributed by atoms with Crippen molar-refractivity contribution >= 4 is 23.0 Å². The van der Waals surface area contributed by atoms with Gasteiger partial charge in [0.1, 0.15) is 5.75 Å². The minimum Gasteiger partial charge on any atom is -0.494 e. The number of nitrogens with zero attached hydrogens (tertiary/aromatic N) is 4. The SMILES string of the molecule is CC1(C)CC(C(=O)OCCCCCCCCCCCOc2ccc(N=Nc3ccc([N+](=O)[O-])cc3)cc2)C(C)(C)N1[O]. The van der Waals surface area contributed by atoms with Gasteiger partial charge in [-0.2, -0.15) is 10.2 Å². The van der Waals surface area contributed by atoms with Crippen LogP contribution in [0.3, 0.4) is 0 Å². The molecule has 0 bridgehead atoms. The first-order valence-corrected chi connectivity index (χ1v) is 15.0. The molecule has 1 fully saturated rings. The van der Waals surface area contributed by atoms with Gasteiger partial charge in [-0.25, -0.2) is 0 Å². The Labute approximate surface area is 249 Å². The van der Waals surface area contributed by atoms with Crippen LogP contribution in [0.1, 0.15) is 91.9 Å². The Bertz CT molecular complexity index is 1160. The second-order valence-corrected chi connectivity index (χ2v) is 12.2. The molecule has 1 atom stereocenters. The smallest absolute Gasteiger partial charge is 0.310 e. The van der Waals surface area contributed by atoms with Crippen molar-refractivity contribution < 1.29 is 24.4 Å². The maximum atomic E-state index is 12.5. The lowest BCUT2D eigenvalue weighted by Gasteiger charge is -2.32. The van der Waals surface area contributed by atoms with Gasteiger partial charge in [0.25, 0.3) is 5.69 Å². The van der Waals surface area contributed by atoms with Crippen molar-refractivity contribution in [2.75, 3.05) is 13.2 Å². The zero-order chi connectivity index (χ0) is 30.6. The van der Waals surface area contributed by atoms with Gasteiger partial charge < -0.3 is 9.47 Å². The van der Waals surface area contributed by atoms with Gasteiger partial charge in [0.05, 0.1) is 41.0 Å². The first-order chi connectivity index (χ1) is 20.0. The predicted molar refractivity (Wildman–Crippen MR) is 161 cm³/mol. The third-order valence-electron chi connectivity index (χ3n) is 7.89. The second-order valence-electron chi connectivity index (χ2n) is 12.2. The number of azo groups is 1. The number of non-ortho nitro benzene ring substituents is 1. The number of hydroxylamine groups is 2. The summed E-state index contributed by atoms with van der Waals surface area (Å²) in [5, 5.41) is 32.5. The van der Waals surface area contributed by atoms with Crippen molar-refractivity contribution in [2.45, 2.75) is 103 Å². The van der Waals surface area contributed by atoms with E-state index in [2.05, 4.69) is 10.2 Å². The van der Waals surface area contributed by atoms with Crippen LogP contribution in [0.2, 0.25) is 0 Å². The topological polar surface area (TPSA) is 127 Å². The van der Waals surface area contributed by atoms with Crippen molar-refractivity contribution in [1.82, 2.24) is 5.06 Å². The summed E-state index contributed by atoms with van der Waals surface area (Å²) in [5.74, 6) is 0.171. The highest BCUT2D eigenvalue weighted by Gasteiger charge is 2.55. The zero-order valence-electron chi connectivity index (χ0n) is 25.4. The molecule has 1 heterocycles. The monoisotopic (exact) mass is 581 g/mol. The van der Waals surface area contributed by atoms with Crippen LogP contribution in [0.25, 0.3) is 0 Å². The van der Waals surface area contributed by atoms with Crippen LogP contribution in [0.15, 0.2) is 58.8 Å². The third kappa shape index (κ3) is 9.87. The molecule has 1 aliphatic rings. The maximum absolute atomic E-state index is 12.5. The van der Waals surface area contributed by atoms with Crippen molar-refractivity contribution in [3.8, 4) is 5.75 Å². The van der Waals surface area contributed by atoms with Crippen LogP contribution in [-0.2, 0) is 14.7 Å². The molecule has 1 aliphatic heterocycles. The molecule has 10 heteroatoms. The number of hydrogen-bond donors (Lipinski definition) is 0. The Hall–Kier alpha value is -3.37. The molecule has 0 saturated carbocycles. The Morgan fingerprint density at radius 2 is 1.31 bits per heavy atom. The van der Waals surface area contributed by atoms with Crippen LogP contribution in [0.4, 0.5) is 17.1 Å². The van der Waals surface area contributed by atoms with Gasteiger partial charge >= 0.3 is 5.97 Å². The van der Waals surface area contributed by atoms with Gasteiger partial charge in [-0.05, 0) is 83.4 Å². The fraction of sp³-hybridized carbons (Fsp3) is 0.594. The summed E-state index contributed by atoms with van der Waals surface area (Å²) in [5.41, 5.74) is -0.0220. The summed E-state index contributed by atoms with van der Waals surface area (Å²) in [6, 6.07) is 13.3. The molecule has 0 N–H and O–H groups in total. The number of nitro benzene ring substituents is 1. The lowest BCUT2D eigenvalue weighted by Crippen LogP contribution is -2.47. The number of rotatable bonds is 17. The molecule has 229 valence electrons. The molecule has 2 aromatic rings. The van der Waals surface area contributed by atoms with Gasteiger partial charge in [0, 0.05) is 17.7 Å². The molecular weight excluding hydrogens is 536 g/mol. The molecule has 0 amide bonds. The van der Waals surface area contributed by atoms with Gasteiger partial charge in [-0.15, -0.1) is 10.3 Å². The summed E-state index contributed by atoms with van der Waals surface area (Å²) in [6.07, 6.45) is 10.5. The quantitative estimate of drug-likeness (QED) is 0.0604. The molecule has 1 unspecified atom stereocenters. The average molecular weight is 582 g/mol. The Balaban J connectivity index is 1.16. The Kier molecular flexibility index (Phi) is 12.4. The van der Waals surface area contributed by atoms with Crippen LogP contribution in [0, 0.1) is 16.0 Å². The van der Waals surface area contributed by atoms with E-state index in [1.165, 1.54) is 37.8 Å². The molecule has 0 spiro atoms. The van der Waals surface area contributed by atoms with E-state index in [1.54, 1.807) is 12.1 Å². The van der Waals surface area contributed by atoms with Crippen molar-refractivity contribution in [2.24, 2.45) is 16.1 Å². The summed E-state index contributed by atoms with van der Waals surface area (Å²) >= 11 is 0. The van der Waals surface area contributed by atoms with E-state index in [0.29, 0.717) is 31.0 Å². The predicted octanol–water partition coefficient (Wildman–Crippen LogP) is 8.67. The maximum Gasteiger partial charge on any atom is 0.310 e. The van der Waals surface area contributed by atoms with E-state index in [-0.39, 0.29) is 17.6 Å². The number of unbranched alkanes of at least 4 members (excludes halogenated alkanes) is 8. The summed E-state index contributed by atoms with van der Waals surface area (Å²) in [4.78, 5) is 22.8. The summed E-state index contributed by atoms with van der Waals surface area (Å²) in [7, 11) is 0. The largest absolute Gasteiger partial charge is 0.494 e. The van der Waals surface area contributed by atoms with Crippen molar-refractivity contribution in [3.05, 3.63) is 58.6 Å². The third-order valence-corrected chi connectivity index (χ3v) is 7.89. The Morgan fingerprint density at radius 3 is 1.79 bits per heavy atom. The molecule has 42 heavy (non-hydrogen) atoms. The van der Waals surface area contributed by atoms with E-state index < -0.39 is 16.0 Å². The first kappa shape index (κ1) is 33.1. The van der Waals surface area contributed by atoms with Gasteiger partial charge in [0.15, 0.2) is 0 Å². The molecule has 1 radical (unpaired) electrons. The number of benzene rings is 2.